The maximum Gasteiger partial charge on any atom is 0.260 e. The molecule has 2 amide bonds. The molecule has 2 rings (SSSR count). The van der Waals surface area contributed by atoms with Gasteiger partial charge in [-0.2, -0.15) is 0 Å². The summed E-state index contributed by atoms with van der Waals surface area (Å²) in [4.78, 5) is 25.6. The minimum Gasteiger partial charge on any atom is -0.490 e. The Labute approximate surface area is 157 Å². The summed E-state index contributed by atoms with van der Waals surface area (Å²) < 4.78 is 11.0. The van der Waals surface area contributed by atoms with Crippen molar-refractivity contribution in [3.8, 4) is 11.5 Å². The van der Waals surface area contributed by atoms with Gasteiger partial charge in [0, 0.05) is 7.05 Å². The lowest BCUT2D eigenvalue weighted by Gasteiger charge is -2.18. The Morgan fingerprint density at radius 3 is 2.31 bits per heavy atom. The Hall–Kier alpha value is -2.73. The molecule has 0 aliphatic carbocycles. The summed E-state index contributed by atoms with van der Waals surface area (Å²) in [6.07, 6.45) is 0. The van der Waals surface area contributed by atoms with Crippen molar-refractivity contribution in [1.29, 1.82) is 0 Å². The SMILES string of the molecule is CCOc1ccccc1OCC(=O)N(C)CC(=O)Nc1ccccc1Cl. The minimum absolute atomic E-state index is 0.111. The number of hydrogen-bond donors (Lipinski definition) is 1. The van der Waals surface area contributed by atoms with E-state index in [1.54, 1.807) is 42.5 Å². The van der Waals surface area contributed by atoms with Gasteiger partial charge in [0.2, 0.25) is 5.91 Å². The average Bonchev–Trinajstić information content (AvgIpc) is 2.62. The average molecular weight is 377 g/mol. The van der Waals surface area contributed by atoms with Gasteiger partial charge in [-0.25, -0.2) is 0 Å². The molecule has 0 spiro atoms. The van der Waals surface area contributed by atoms with Crippen LogP contribution >= 0.6 is 11.6 Å². The molecule has 2 aromatic carbocycles. The number of para-hydroxylation sites is 3. The number of carbonyl (C=O) groups is 2. The molecule has 0 saturated heterocycles. The zero-order valence-corrected chi connectivity index (χ0v) is 15.5. The van der Waals surface area contributed by atoms with E-state index in [9.17, 15) is 9.59 Å². The number of amides is 2. The molecule has 7 heteroatoms. The second kappa shape index (κ2) is 9.68. The van der Waals surface area contributed by atoms with Gasteiger partial charge in [0.05, 0.1) is 23.9 Å². The number of nitrogens with one attached hydrogen (secondary N) is 1. The van der Waals surface area contributed by atoms with Gasteiger partial charge in [-0.3, -0.25) is 9.59 Å². The number of carbonyl (C=O) groups excluding carboxylic acids is 2. The fraction of sp³-hybridized carbons (Fsp3) is 0.263. The molecule has 0 radical (unpaired) electrons. The highest BCUT2D eigenvalue weighted by atomic mass is 35.5. The third-order valence-electron chi connectivity index (χ3n) is 3.45. The number of nitrogens with zero attached hydrogens (tertiary/aromatic N) is 1. The van der Waals surface area contributed by atoms with Gasteiger partial charge in [0.25, 0.3) is 5.91 Å². The lowest BCUT2D eigenvalue weighted by atomic mass is 10.3. The maximum absolute atomic E-state index is 12.2. The normalized spacial score (nSPS) is 10.1. The summed E-state index contributed by atoms with van der Waals surface area (Å²) in [6, 6.07) is 14.0. The summed E-state index contributed by atoms with van der Waals surface area (Å²) in [5.74, 6) is 0.382. The monoisotopic (exact) mass is 376 g/mol. The van der Waals surface area contributed by atoms with E-state index in [0.717, 1.165) is 0 Å². The molecule has 0 fully saturated rings. The van der Waals surface area contributed by atoms with Crippen LogP contribution < -0.4 is 14.8 Å². The summed E-state index contributed by atoms with van der Waals surface area (Å²) in [5, 5.41) is 3.11. The summed E-state index contributed by atoms with van der Waals surface area (Å²) in [5.41, 5.74) is 0.502. The van der Waals surface area contributed by atoms with Crippen molar-refractivity contribution in [3.63, 3.8) is 0 Å². The van der Waals surface area contributed by atoms with Crippen molar-refractivity contribution >= 4 is 29.1 Å². The van der Waals surface area contributed by atoms with E-state index >= 15 is 0 Å². The summed E-state index contributed by atoms with van der Waals surface area (Å²) >= 11 is 6.00. The molecule has 0 aliphatic heterocycles. The van der Waals surface area contributed by atoms with E-state index in [4.69, 9.17) is 21.1 Å². The number of ether oxygens (including phenoxy) is 2. The topological polar surface area (TPSA) is 67.9 Å². The molecule has 0 heterocycles. The Morgan fingerprint density at radius 2 is 1.65 bits per heavy atom. The zero-order chi connectivity index (χ0) is 18.9. The van der Waals surface area contributed by atoms with Crippen molar-refractivity contribution in [3.05, 3.63) is 53.6 Å². The predicted octanol–water partition coefficient (Wildman–Crippen LogP) is 3.21. The first kappa shape index (κ1) is 19.6. The van der Waals surface area contributed by atoms with E-state index < -0.39 is 0 Å². The van der Waals surface area contributed by atoms with E-state index in [1.807, 2.05) is 13.0 Å². The van der Waals surface area contributed by atoms with Gasteiger partial charge in [0.1, 0.15) is 0 Å². The molecule has 2 aromatic rings. The fourth-order valence-electron chi connectivity index (χ4n) is 2.15. The molecule has 0 bridgehead atoms. The van der Waals surface area contributed by atoms with E-state index in [0.29, 0.717) is 28.8 Å². The Balaban J connectivity index is 1.86. The Kier molecular flexibility index (Phi) is 7.29. The van der Waals surface area contributed by atoms with Crippen LogP contribution in [0.2, 0.25) is 5.02 Å². The maximum atomic E-state index is 12.2. The molecule has 138 valence electrons. The van der Waals surface area contributed by atoms with Gasteiger partial charge in [-0.15, -0.1) is 0 Å². The second-order valence-electron chi connectivity index (χ2n) is 5.45. The van der Waals surface area contributed by atoms with Crippen LogP contribution in [-0.4, -0.2) is 43.5 Å². The van der Waals surface area contributed by atoms with Gasteiger partial charge in [-0.1, -0.05) is 35.9 Å². The van der Waals surface area contributed by atoms with Crippen molar-refractivity contribution in [2.24, 2.45) is 0 Å². The van der Waals surface area contributed by atoms with Crippen LogP contribution in [0.15, 0.2) is 48.5 Å². The lowest BCUT2D eigenvalue weighted by Crippen LogP contribution is -2.37. The fourth-order valence-corrected chi connectivity index (χ4v) is 2.33. The highest BCUT2D eigenvalue weighted by molar-refractivity contribution is 6.33. The number of likely N-dealkylation sites (N-methyl/N-ethyl adjacent to an activating group) is 1. The van der Waals surface area contributed by atoms with Crippen molar-refractivity contribution in [2.45, 2.75) is 6.92 Å². The van der Waals surface area contributed by atoms with Crippen molar-refractivity contribution in [2.75, 3.05) is 32.1 Å². The quantitative estimate of drug-likeness (QED) is 0.768. The highest BCUT2D eigenvalue weighted by Crippen LogP contribution is 2.26. The van der Waals surface area contributed by atoms with E-state index in [2.05, 4.69) is 5.32 Å². The molecule has 0 atom stereocenters. The van der Waals surface area contributed by atoms with Crippen molar-refractivity contribution in [1.82, 2.24) is 4.90 Å². The molecular weight excluding hydrogens is 356 g/mol. The minimum atomic E-state index is -0.344. The van der Waals surface area contributed by atoms with Crippen LogP contribution in [0, 0.1) is 0 Å². The summed E-state index contributed by atoms with van der Waals surface area (Å²) in [7, 11) is 1.53. The molecular formula is C19H21ClN2O4. The molecule has 0 saturated carbocycles. The first-order chi connectivity index (χ1) is 12.5. The van der Waals surface area contributed by atoms with Crippen LogP contribution in [0.25, 0.3) is 0 Å². The summed E-state index contributed by atoms with van der Waals surface area (Å²) in [6.45, 7) is 2.06. The highest BCUT2D eigenvalue weighted by Gasteiger charge is 2.15. The Bertz CT molecular complexity index is 767. The number of anilines is 1. The van der Waals surface area contributed by atoms with Gasteiger partial charge in [0.15, 0.2) is 18.1 Å². The molecule has 26 heavy (non-hydrogen) atoms. The number of benzene rings is 2. The Morgan fingerprint density at radius 1 is 1.04 bits per heavy atom. The van der Waals surface area contributed by atoms with Crippen LogP contribution in [-0.2, 0) is 9.59 Å². The van der Waals surface area contributed by atoms with Gasteiger partial charge in [-0.05, 0) is 31.2 Å². The van der Waals surface area contributed by atoms with Crippen molar-refractivity contribution < 1.29 is 19.1 Å². The van der Waals surface area contributed by atoms with Gasteiger partial charge >= 0.3 is 0 Å². The molecule has 1 N–H and O–H groups in total. The van der Waals surface area contributed by atoms with Crippen LogP contribution in [0.3, 0.4) is 0 Å². The number of hydrogen-bond acceptors (Lipinski definition) is 4. The number of halogens is 1. The third kappa shape index (κ3) is 5.67. The first-order valence-corrected chi connectivity index (χ1v) is 8.52. The second-order valence-corrected chi connectivity index (χ2v) is 5.85. The largest absolute Gasteiger partial charge is 0.490 e. The third-order valence-corrected chi connectivity index (χ3v) is 3.78. The zero-order valence-electron chi connectivity index (χ0n) is 14.7. The predicted molar refractivity (Wildman–Crippen MR) is 101 cm³/mol. The molecule has 6 nitrogen and oxygen atoms in total. The van der Waals surface area contributed by atoms with Gasteiger partial charge < -0.3 is 19.7 Å². The van der Waals surface area contributed by atoms with Crippen LogP contribution in [0.4, 0.5) is 5.69 Å². The van der Waals surface area contributed by atoms with Crippen LogP contribution in [0.5, 0.6) is 11.5 Å². The molecule has 0 unspecified atom stereocenters. The smallest absolute Gasteiger partial charge is 0.260 e. The van der Waals surface area contributed by atoms with E-state index in [1.165, 1.54) is 11.9 Å². The molecule has 0 aliphatic rings. The number of rotatable bonds is 8. The first-order valence-electron chi connectivity index (χ1n) is 8.14. The lowest BCUT2D eigenvalue weighted by molar-refractivity contribution is -0.135. The van der Waals surface area contributed by atoms with E-state index in [-0.39, 0.29) is 25.0 Å². The molecule has 0 aromatic heterocycles. The van der Waals surface area contributed by atoms with Crippen LogP contribution in [0.1, 0.15) is 6.92 Å². The standard InChI is InChI=1S/C19H21ClN2O4/c1-3-25-16-10-6-7-11-17(16)26-13-19(24)22(2)12-18(23)21-15-9-5-4-8-14(15)20/h4-11H,3,12-13H2,1-2H3,(H,21,23).